The Kier molecular flexibility index (Phi) is 2.07. The normalized spacial score (nSPS) is 27.9. The van der Waals surface area contributed by atoms with Gasteiger partial charge in [0.15, 0.2) is 0 Å². The summed E-state index contributed by atoms with van der Waals surface area (Å²) in [5.74, 6) is -0.366. The van der Waals surface area contributed by atoms with Gasteiger partial charge in [0.05, 0.1) is 12.5 Å². The lowest BCUT2D eigenvalue weighted by molar-refractivity contribution is -0.148. The van der Waals surface area contributed by atoms with Crippen molar-refractivity contribution in [3.05, 3.63) is 11.6 Å². The SMILES string of the molecule is [2H]C([2H])([2H])C1=CCC(C(=O)OCC)CC1. The molecule has 0 bridgehead atoms. The third-order valence-electron chi connectivity index (χ3n) is 2.03. The number of carbonyl (C=O) groups excluding carboxylic acids is 1. The van der Waals surface area contributed by atoms with Gasteiger partial charge in [-0.15, -0.1) is 0 Å². The van der Waals surface area contributed by atoms with Crippen molar-refractivity contribution in [1.82, 2.24) is 0 Å². The number of allylic oxidation sites excluding steroid dienone is 2. The molecule has 0 N–H and O–H groups in total. The van der Waals surface area contributed by atoms with Crippen LogP contribution in [0.15, 0.2) is 11.6 Å². The van der Waals surface area contributed by atoms with E-state index < -0.39 is 6.85 Å². The van der Waals surface area contributed by atoms with Crippen molar-refractivity contribution < 1.29 is 13.6 Å². The van der Waals surface area contributed by atoms with E-state index >= 15 is 0 Å². The first kappa shape index (κ1) is 5.79. The van der Waals surface area contributed by atoms with Crippen LogP contribution >= 0.6 is 0 Å². The van der Waals surface area contributed by atoms with Gasteiger partial charge in [-0.1, -0.05) is 11.6 Å². The van der Waals surface area contributed by atoms with Gasteiger partial charge in [-0.2, -0.15) is 0 Å². The molecule has 1 atom stereocenters. The summed E-state index contributed by atoms with van der Waals surface area (Å²) in [6, 6.07) is 0. The van der Waals surface area contributed by atoms with Crippen LogP contribution in [0.1, 0.15) is 37.2 Å². The number of hydrogen-bond donors (Lipinski definition) is 0. The lowest BCUT2D eigenvalue weighted by Crippen LogP contribution is -2.19. The lowest BCUT2D eigenvalue weighted by Gasteiger charge is -2.18. The van der Waals surface area contributed by atoms with Crippen molar-refractivity contribution in [3.8, 4) is 0 Å². The molecule has 1 aliphatic carbocycles. The highest BCUT2D eigenvalue weighted by atomic mass is 16.5. The largest absolute Gasteiger partial charge is 0.466 e. The molecule has 0 heterocycles. The molecule has 0 aromatic heterocycles. The summed E-state index contributed by atoms with van der Waals surface area (Å²) >= 11 is 0. The summed E-state index contributed by atoms with van der Waals surface area (Å²) in [7, 11) is 0. The summed E-state index contributed by atoms with van der Waals surface area (Å²) in [6.45, 7) is 0.148. The van der Waals surface area contributed by atoms with Crippen molar-refractivity contribution in [2.45, 2.75) is 33.0 Å². The van der Waals surface area contributed by atoms with Crippen molar-refractivity contribution in [3.63, 3.8) is 0 Å². The standard InChI is InChI=1S/C10H16O2/c1-3-12-10(11)9-6-4-8(2)5-7-9/h4,9H,3,5-7H2,1-2H3/i2D3. The van der Waals surface area contributed by atoms with Crippen LogP contribution in [-0.2, 0) is 9.53 Å². The molecule has 1 unspecified atom stereocenters. The molecule has 0 amide bonds. The average molecular weight is 171 g/mol. The Balaban J connectivity index is 2.54. The Morgan fingerprint density at radius 2 is 2.75 bits per heavy atom. The molecule has 1 rings (SSSR count). The van der Waals surface area contributed by atoms with Gasteiger partial charge < -0.3 is 4.74 Å². The zero-order chi connectivity index (χ0) is 11.5. The van der Waals surface area contributed by atoms with Gasteiger partial charge in [0, 0.05) is 4.11 Å². The van der Waals surface area contributed by atoms with Gasteiger partial charge in [-0.05, 0) is 33.0 Å². The highest BCUT2D eigenvalue weighted by Crippen LogP contribution is 2.23. The van der Waals surface area contributed by atoms with Crippen LogP contribution in [0.4, 0.5) is 0 Å². The summed E-state index contributed by atoms with van der Waals surface area (Å²) in [5.41, 5.74) is 0.475. The Morgan fingerprint density at radius 3 is 3.25 bits per heavy atom. The number of rotatable bonds is 2. The molecule has 2 heteroatoms. The number of ether oxygens (including phenoxy) is 1. The van der Waals surface area contributed by atoms with E-state index in [9.17, 15) is 4.79 Å². The zero-order valence-electron chi connectivity index (χ0n) is 10.3. The molecule has 0 aliphatic heterocycles. The highest BCUT2D eigenvalue weighted by molar-refractivity contribution is 5.72. The van der Waals surface area contributed by atoms with Crippen LogP contribution in [0.25, 0.3) is 0 Å². The third-order valence-corrected chi connectivity index (χ3v) is 2.03. The minimum atomic E-state index is -2.00. The van der Waals surface area contributed by atoms with E-state index in [1.807, 2.05) is 0 Å². The molecule has 0 fully saturated rings. The first-order chi connectivity index (χ1) is 6.95. The van der Waals surface area contributed by atoms with E-state index in [0.29, 0.717) is 31.4 Å². The molecule has 0 saturated carbocycles. The molecule has 0 radical (unpaired) electrons. The monoisotopic (exact) mass is 171 g/mol. The van der Waals surface area contributed by atoms with Crippen molar-refractivity contribution in [1.29, 1.82) is 0 Å². The maximum absolute atomic E-state index is 11.4. The maximum atomic E-state index is 11.4. The van der Waals surface area contributed by atoms with Gasteiger partial charge in [0.2, 0.25) is 0 Å². The molecule has 0 spiro atoms. The zero-order valence-corrected chi connectivity index (χ0v) is 7.30. The Morgan fingerprint density at radius 1 is 1.92 bits per heavy atom. The molecule has 1 aliphatic rings. The predicted octanol–water partition coefficient (Wildman–Crippen LogP) is 2.30. The molecule has 2 nitrogen and oxygen atoms in total. The quantitative estimate of drug-likeness (QED) is 0.470. The van der Waals surface area contributed by atoms with Gasteiger partial charge in [-0.3, -0.25) is 4.79 Å². The smallest absolute Gasteiger partial charge is 0.309 e. The minimum Gasteiger partial charge on any atom is -0.466 e. The summed E-state index contributed by atoms with van der Waals surface area (Å²) < 4.78 is 26.6. The molecule has 12 heavy (non-hydrogen) atoms. The van der Waals surface area contributed by atoms with Crippen LogP contribution in [0.3, 0.4) is 0 Å². The second-order valence-electron chi connectivity index (χ2n) is 2.95. The molecule has 0 aromatic carbocycles. The molecular weight excluding hydrogens is 152 g/mol. The van der Waals surface area contributed by atoms with Crippen LogP contribution in [0.5, 0.6) is 0 Å². The Hall–Kier alpha value is -0.790. The second-order valence-corrected chi connectivity index (χ2v) is 2.95. The van der Waals surface area contributed by atoms with Crippen molar-refractivity contribution in [2.75, 3.05) is 6.61 Å². The lowest BCUT2D eigenvalue weighted by atomic mass is 9.90. The fourth-order valence-electron chi connectivity index (χ4n) is 1.31. The van der Waals surface area contributed by atoms with E-state index in [2.05, 4.69) is 0 Å². The second kappa shape index (κ2) is 4.29. The highest BCUT2D eigenvalue weighted by Gasteiger charge is 2.20. The Bertz CT molecular complexity index is 268. The molecular formula is C10H16O2. The van der Waals surface area contributed by atoms with E-state index in [4.69, 9.17) is 8.85 Å². The third kappa shape index (κ3) is 2.36. The van der Waals surface area contributed by atoms with Gasteiger partial charge in [0.25, 0.3) is 0 Å². The summed E-state index contributed by atoms with van der Waals surface area (Å²) in [4.78, 5) is 11.4. The topological polar surface area (TPSA) is 26.3 Å². The van der Waals surface area contributed by atoms with Gasteiger partial charge in [-0.25, -0.2) is 0 Å². The van der Waals surface area contributed by atoms with Gasteiger partial charge >= 0.3 is 5.97 Å². The summed E-state index contributed by atoms with van der Waals surface area (Å²) in [6.07, 6.45) is 3.22. The maximum Gasteiger partial charge on any atom is 0.309 e. The van der Waals surface area contributed by atoms with Crippen LogP contribution < -0.4 is 0 Å². The van der Waals surface area contributed by atoms with Crippen molar-refractivity contribution in [2.24, 2.45) is 5.92 Å². The van der Waals surface area contributed by atoms with Gasteiger partial charge in [0.1, 0.15) is 0 Å². The van der Waals surface area contributed by atoms with Crippen LogP contribution in [-0.4, -0.2) is 12.6 Å². The average Bonchev–Trinajstić information content (AvgIpc) is 2.17. The van der Waals surface area contributed by atoms with Crippen LogP contribution in [0.2, 0.25) is 0 Å². The van der Waals surface area contributed by atoms with Crippen LogP contribution in [0, 0.1) is 5.92 Å². The minimum absolute atomic E-state index is 0.156. The number of carbonyl (C=O) groups is 1. The Labute approximate surface area is 77.8 Å². The van der Waals surface area contributed by atoms with Crippen molar-refractivity contribution >= 4 is 5.97 Å². The first-order valence-corrected chi connectivity index (χ1v) is 4.31. The molecule has 0 saturated heterocycles. The predicted molar refractivity (Wildman–Crippen MR) is 47.7 cm³/mol. The first-order valence-electron chi connectivity index (χ1n) is 5.81. The fraction of sp³-hybridized carbons (Fsp3) is 0.700. The fourth-order valence-corrected chi connectivity index (χ4v) is 1.31. The van der Waals surface area contributed by atoms with E-state index in [-0.39, 0.29) is 11.9 Å². The number of hydrogen-bond acceptors (Lipinski definition) is 2. The number of esters is 1. The molecule has 0 aromatic rings. The van der Waals surface area contributed by atoms with E-state index in [0.717, 1.165) is 0 Å². The molecule has 68 valence electrons. The van der Waals surface area contributed by atoms with E-state index in [1.165, 1.54) is 0 Å². The van der Waals surface area contributed by atoms with E-state index in [1.54, 1.807) is 13.0 Å². The summed E-state index contributed by atoms with van der Waals surface area (Å²) in [5, 5.41) is 0.